The van der Waals surface area contributed by atoms with Gasteiger partial charge in [0.05, 0.1) is 11.8 Å². The lowest BCUT2D eigenvalue weighted by Crippen LogP contribution is -2.16. The third kappa shape index (κ3) is 3.72. The van der Waals surface area contributed by atoms with Gasteiger partial charge in [-0.05, 0) is 27.0 Å². The van der Waals surface area contributed by atoms with Crippen LogP contribution in [0.5, 0.6) is 5.88 Å². The van der Waals surface area contributed by atoms with Crippen molar-refractivity contribution in [3.8, 4) is 5.88 Å². The van der Waals surface area contributed by atoms with E-state index in [0.29, 0.717) is 5.16 Å². The molecule has 0 aromatic carbocycles. The molecule has 2 heterocycles. The van der Waals surface area contributed by atoms with Gasteiger partial charge in [-0.15, -0.1) is 0 Å². The van der Waals surface area contributed by atoms with Gasteiger partial charge in [0.25, 0.3) is 5.56 Å². The number of ether oxygens (including phenoxy) is 1. The van der Waals surface area contributed by atoms with Gasteiger partial charge in [0.1, 0.15) is 10.9 Å². The molecule has 0 atom stereocenters. The highest BCUT2D eigenvalue weighted by atomic mass is 32.2. The normalized spacial score (nSPS) is 10.5. The Hall–Kier alpha value is -1.63. The van der Waals surface area contributed by atoms with Crippen molar-refractivity contribution < 1.29 is 9.13 Å². The molecule has 0 aliphatic rings. The number of pyridine rings is 1. The Morgan fingerprint density at radius 1 is 1.29 bits per heavy atom. The largest absolute Gasteiger partial charge is 0.474 e. The SMILES string of the molecule is CC.CSc1nc2c(F)c(C)nc(OC(C)C)c2c(=O)[nH]1. The smallest absolute Gasteiger partial charge is 0.265 e. The number of thioether (sulfide) groups is 1. The van der Waals surface area contributed by atoms with E-state index in [9.17, 15) is 9.18 Å². The molecule has 116 valence electrons. The first-order chi connectivity index (χ1) is 9.93. The highest BCUT2D eigenvalue weighted by Gasteiger charge is 2.18. The summed E-state index contributed by atoms with van der Waals surface area (Å²) in [6.07, 6.45) is 1.59. The molecule has 0 amide bonds. The van der Waals surface area contributed by atoms with Crippen molar-refractivity contribution in [2.75, 3.05) is 6.26 Å². The molecule has 2 aromatic heterocycles. The summed E-state index contributed by atoms with van der Waals surface area (Å²) in [5.41, 5.74) is -0.291. The van der Waals surface area contributed by atoms with Crippen molar-refractivity contribution >= 4 is 22.7 Å². The minimum absolute atomic E-state index is 0.00347. The second kappa shape index (κ2) is 7.40. The van der Waals surface area contributed by atoms with Gasteiger partial charge in [0.15, 0.2) is 11.0 Å². The summed E-state index contributed by atoms with van der Waals surface area (Å²) in [5.74, 6) is -0.474. The van der Waals surface area contributed by atoms with Crippen molar-refractivity contribution in [3.63, 3.8) is 0 Å². The number of aryl methyl sites for hydroxylation is 1. The van der Waals surface area contributed by atoms with Gasteiger partial charge < -0.3 is 9.72 Å². The summed E-state index contributed by atoms with van der Waals surface area (Å²) < 4.78 is 19.5. The molecule has 0 bridgehead atoms. The van der Waals surface area contributed by atoms with Crippen LogP contribution in [0.4, 0.5) is 4.39 Å². The molecule has 0 radical (unpaired) electrons. The Labute approximate surface area is 127 Å². The molecule has 0 saturated carbocycles. The van der Waals surface area contributed by atoms with E-state index in [-0.39, 0.29) is 28.6 Å². The lowest BCUT2D eigenvalue weighted by Gasteiger charge is -2.12. The van der Waals surface area contributed by atoms with E-state index in [1.165, 1.54) is 18.7 Å². The minimum atomic E-state index is -0.590. The quantitative estimate of drug-likeness (QED) is 0.695. The number of H-pyrrole nitrogens is 1. The first-order valence-electron chi connectivity index (χ1n) is 6.74. The Balaban J connectivity index is 0.00000106. The van der Waals surface area contributed by atoms with Crippen molar-refractivity contribution in [1.82, 2.24) is 15.0 Å². The van der Waals surface area contributed by atoms with Crippen LogP contribution in [-0.4, -0.2) is 27.3 Å². The van der Waals surface area contributed by atoms with E-state index in [1.54, 1.807) is 6.26 Å². The summed E-state index contributed by atoms with van der Waals surface area (Å²) in [4.78, 5) is 22.7. The van der Waals surface area contributed by atoms with Crippen LogP contribution in [0, 0.1) is 12.7 Å². The molecule has 0 spiro atoms. The number of hydrogen-bond acceptors (Lipinski definition) is 5. The fourth-order valence-corrected chi connectivity index (χ4v) is 2.02. The topological polar surface area (TPSA) is 67.9 Å². The Bertz CT molecular complexity index is 686. The molecule has 1 N–H and O–H groups in total. The first kappa shape index (κ1) is 17.4. The number of aromatic nitrogens is 3. The Morgan fingerprint density at radius 3 is 2.43 bits per heavy atom. The molecule has 0 fully saturated rings. The fraction of sp³-hybridized carbons (Fsp3) is 0.500. The molecule has 0 unspecified atom stereocenters. The summed E-state index contributed by atoms with van der Waals surface area (Å²) in [6, 6.07) is 0. The maximum absolute atomic E-state index is 14.1. The molecular formula is C14H20FN3O2S. The Kier molecular flexibility index (Phi) is 6.14. The van der Waals surface area contributed by atoms with Gasteiger partial charge >= 0.3 is 0 Å². The minimum Gasteiger partial charge on any atom is -0.474 e. The van der Waals surface area contributed by atoms with Crippen LogP contribution in [0.2, 0.25) is 0 Å². The zero-order chi connectivity index (χ0) is 16.2. The summed E-state index contributed by atoms with van der Waals surface area (Å²) in [7, 11) is 0. The third-order valence-corrected chi connectivity index (χ3v) is 3.03. The first-order valence-corrected chi connectivity index (χ1v) is 7.97. The van der Waals surface area contributed by atoms with Gasteiger partial charge in [0, 0.05) is 0 Å². The van der Waals surface area contributed by atoms with Crippen LogP contribution in [0.15, 0.2) is 9.95 Å². The predicted octanol–water partition coefficient (Wildman–Crippen LogP) is 3.30. The number of aromatic amines is 1. The van der Waals surface area contributed by atoms with Gasteiger partial charge in [-0.2, -0.15) is 0 Å². The zero-order valence-corrected chi connectivity index (χ0v) is 13.9. The van der Waals surface area contributed by atoms with Crippen LogP contribution in [-0.2, 0) is 0 Å². The van der Waals surface area contributed by atoms with Crippen molar-refractivity contribution in [2.24, 2.45) is 0 Å². The second-order valence-corrected chi connectivity index (χ2v) is 5.08. The molecule has 0 saturated heterocycles. The van der Waals surface area contributed by atoms with E-state index in [0.717, 1.165) is 0 Å². The number of hydrogen-bond donors (Lipinski definition) is 1. The standard InChI is InChI=1S/C12H14FN3O2S.C2H6/c1-5(2)18-11-7-9(8(13)6(3)14-11)15-12(19-4)16-10(7)17;1-2/h5H,1-4H3,(H,15,16,17);1-2H3. The van der Waals surface area contributed by atoms with Crippen LogP contribution in [0.3, 0.4) is 0 Å². The van der Waals surface area contributed by atoms with E-state index in [1.807, 2.05) is 27.7 Å². The van der Waals surface area contributed by atoms with Crippen LogP contribution < -0.4 is 10.3 Å². The Morgan fingerprint density at radius 2 is 1.90 bits per heavy atom. The number of nitrogens with zero attached hydrogens (tertiary/aromatic N) is 2. The maximum atomic E-state index is 14.1. The maximum Gasteiger partial charge on any atom is 0.265 e. The van der Waals surface area contributed by atoms with Crippen LogP contribution >= 0.6 is 11.8 Å². The highest BCUT2D eigenvalue weighted by molar-refractivity contribution is 7.98. The van der Waals surface area contributed by atoms with Crippen molar-refractivity contribution in [3.05, 3.63) is 21.9 Å². The molecular weight excluding hydrogens is 293 g/mol. The predicted molar refractivity (Wildman–Crippen MR) is 83.7 cm³/mol. The molecule has 2 aromatic rings. The highest BCUT2D eigenvalue weighted by Crippen LogP contribution is 2.25. The number of nitrogens with one attached hydrogen (secondary N) is 1. The lowest BCUT2D eigenvalue weighted by molar-refractivity contribution is 0.235. The van der Waals surface area contributed by atoms with Gasteiger partial charge in [-0.25, -0.2) is 14.4 Å². The van der Waals surface area contributed by atoms with E-state index < -0.39 is 11.4 Å². The van der Waals surface area contributed by atoms with Crippen LogP contribution in [0.25, 0.3) is 10.9 Å². The van der Waals surface area contributed by atoms with Crippen molar-refractivity contribution in [2.45, 2.75) is 45.9 Å². The van der Waals surface area contributed by atoms with Gasteiger partial charge in [0.2, 0.25) is 5.88 Å². The van der Waals surface area contributed by atoms with Gasteiger partial charge in [-0.3, -0.25) is 4.79 Å². The zero-order valence-electron chi connectivity index (χ0n) is 13.1. The average molecular weight is 313 g/mol. The molecule has 7 heteroatoms. The summed E-state index contributed by atoms with van der Waals surface area (Å²) in [6.45, 7) is 9.14. The lowest BCUT2D eigenvalue weighted by atomic mass is 10.2. The fourth-order valence-electron chi connectivity index (χ4n) is 1.64. The van der Waals surface area contributed by atoms with Gasteiger partial charge in [-0.1, -0.05) is 25.6 Å². The van der Waals surface area contributed by atoms with Crippen molar-refractivity contribution in [1.29, 1.82) is 0 Å². The second-order valence-electron chi connectivity index (χ2n) is 4.28. The van der Waals surface area contributed by atoms with E-state index in [2.05, 4.69) is 15.0 Å². The number of halogens is 1. The molecule has 0 aliphatic heterocycles. The molecule has 2 rings (SSSR count). The summed E-state index contributed by atoms with van der Waals surface area (Å²) in [5, 5.41) is 0.409. The average Bonchev–Trinajstić information content (AvgIpc) is 2.45. The molecule has 5 nitrogen and oxygen atoms in total. The summed E-state index contributed by atoms with van der Waals surface area (Å²) >= 11 is 1.24. The van der Waals surface area contributed by atoms with Crippen LogP contribution in [0.1, 0.15) is 33.4 Å². The molecule has 21 heavy (non-hydrogen) atoms. The van der Waals surface area contributed by atoms with E-state index >= 15 is 0 Å². The number of rotatable bonds is 3. The monoisotopic (exact) mass is 313 g/mol. The number of fused-ring (bicyclic) bond motifs is 1. The van der Waals surface area contributed by atoms with E-state index in [4.69, 9.17) is 4.74 Å². The third-order valence-electron chi connectivity index (χ3n) is 2.45. The molecule has 0 aliphatic carbocycles.